The Kier molecular flexibility index (Phi) is 5.93. The molecule has 2 aromatic carbocycles. The summed E-state index contributed by atoms with van der Waals surface area (Å²) in [5, 5.41) is 8.16. The minimum absolute atomic E-state index is 0.249. The molecule has 1 amide bonds. The second-order valence-electron chi connectivity index (χ2n) is 9.09. The topological polar surface area (TPSA) is 77.0 Å². The number of piperidine rings is 1. The number of primary amides is 1. The Bertz CT molecular complexity index is 1150. The maximum Gasteiger partial charge on any atom is 0.248 e. The molecule has 2 bridgehead atoms. The van der Waals surface area contributed by atoms with Crippen molar-refractivity contribution in [3.8, 4) is 11.3 Å². The van der Waals surface area contributed by atoms with Crippen LogP contribution in [-0.4, -0.2) is 44.4 Å². The lowest BCUT2D eigenvalue weighted by molar-refractivity contribution is 0.0993. The quantitative estimate of drug-likeness (QED) is 0.586. The first kappa shape index (κ1) is 21.7. The van der Waals surface area contributed by atoms with E-state index in [2.05, 4.69) is 15.2 Å². The highest BCUT2D eigenvalue weighted by Gasteiger charge is 2.41. The number of nitrogens with zero attached hydrogens (tertiary/aromatic N) is 4. The second-order valence-corrected chi connectivity index (χ2v) is 9.09. The predicted molar refractivity (Wildman–Crippen MR) is 120 cm³/mol. The summed E-state index contributed by atoms with van der Waals surface area (Å²) in [6.07, 6.45) is 7.05. The lowest BCUT2D eigenvalue weighted by Crippen LogP contribution is -2.43. The first-order chi connectivity index (χ1) is 16.0. The Morgan fingerprint density at radius 3 is 2.55 bits per heavy atom. The van der Waals surface area contributed by atoms with Crippen molar-refractivity contribution in [3.05, 3.63) is 71.4 Å². The van der Waals surface area contributed by atoms with Gasteiger partial charge >= 0.3 is 0 Å². The molecule has 0 saturated carbocycles. The molecule has 0 spiro atoms. The van der Waals surface area contributed by atoms with Crippen LogP contribution in [0.15, 0.2) is 48.7 Å². The largest absolute Gasteiger partial charge is 0.366 e. The zero-order valence-corrected chi connectivity index (χ0v) is 18.3. The fraction of sp³-hybridized carbons (Fsp3) is 0.400. The van der Waals surface area contributed by atoms with Crippen molar-refractivity contribution in [2.75, 3.05) is 6.54 Å². The van der Waals surface area contributed by atoms with E-state index in [9.17, 15) is 13.6 Å². The lowest BCUT2D eigenvalue weighted by atomic mass is 9.82. The van der Waals surface area contributed by atoms with Gasteiger partial charge in [-0.05, 0) is 61.8 Å². The Balaban J connectivity index is 1.19. The number of carbonyl (C=O) groups is 1. The Labute approximate surface area is 191 Å². The number of fused-ring (bicyclic) bond motifs is 2. The van der Waals surface area contributed by atoms with Gasteiger partial charge < -0.3 is 5.73 Å². The van der Waals surface area contributed by atoms with Crippen LogP contribution in [0.3, 0.4) is 0 Å². The van der Waals surface area contributed by atoms with Crippen LogP contribution in [0, 0.1) is 11.6 Å². The summed E-state index contributed by atoms with van der Waals surface area (Å²) in [6.45, 7) is 1.64. The number of benzene rings is 2. The third-order valence-electron chi connectivity index (χ3n) is 7.10. The number of carbonyl (C=O) groups excluding carboxylic acids is 1. The summed E-state index contributed by atoms with van der Waals surface area (Å²) in [7, 11) is 0. The van der Waals surface area contributed by atoms with Gasteiger partial charge in [-0.2, -0.15) is 0 Å². The molecule has 0 aliphatic carbocycles. The molecule has 2 fully saturated rings. The Morgan fingerprint density at radius 2 is 1.82 bits per heavy atom. The maximum atomic E-state index is 14.0. The van der Waals surface area contributed by atoms with E-state index < -0.39 is 11.6 Å². The van der Waals surface area contributed by atoms with Crippen LogP contribution in [0.2, 0.25) is 0 Å². The fourth-order valence-electron chi connectivity index (χ4n) is 5.61. The van der Waals surface area contributed by atoms with E-state index in [0.29, 0.717) is 35.8 Å². The lowest BCUT2D eigenvalue weighted by Gasteiger charge is -2.39. The van der Waals surface area contributed by atoms with Gasteiger partial charge in [-0.15, -0.1) is 5.10 Å². The molecule has 2 N–H and O–H groups in total. The highest BCUT2D eigenvalue weighted by Crippen LogP contribution is 2.43. The molecule has 5 rings (SSSR count). The molecule has 33 heavy (non-hydrogen) atoms. The van der Waals surface area contributed by atoms with E-state index in [1.54, 1.807) is 10.9 Å². The average Bonchev–Trinajstić information content (AvgIpc) is 3.34. The van der Waals surface area contributed by atoms with Gasteiger partial charge in [0.05, 0.1) is 6.20 Å². The molecule has 2 aliphatic rings. The number of hydrogen-bond acceptors (Lipinski definition) is 4. The Morgan fingerprint density at radius 1 is 1.06 bits per heavy atom. The third kappa shape index (κ3) is 4.39. The average molecular weight is 452 g/mol. The number of aryl methyl sites for hydroxylation is 1. The first-order valence-corrected chi connectivity index (χ1v) is 11.5. The molecule has 8 heteroatoms. The van der Waals surface area contributed by atoms with Gasteiger partial charge in [-0.1, -0.05) is 23.4 Å². The van der Waals surface area contributed by atoms with Crippen molar-refractivity contribution < 1.29 is 13.6 Å². The van der Waals surface area contributed by atoms with Crippen molar-refractivity contribution in [3.63, 3.8) is 0 Å². The fourth-order valence-corrected chi connectivity index (χ4v) is 5.61. The minimum Gasteiger partial charge on any atom is -0.366 e. The van der Waals surface area contributed by atoms with Crippen LogP contribution in [-0.2, 0) is 6.54 Å². The molecule has 6 nitrogen and oxygen atoms in total. The summed E-state index contributed by atoms with van der Waals surface area (Å²) in [5.41, 5.74) is 8.00. The zero-order chi connectivity index (χ0) is 22.9. The highest BCUT2D eigenvalue weighted by molar-refractivity contribution is 5.94. The van der Waals surface area contributed by atoms with E-state index in [-0.39, 0.29) is 11.5 Å². The molecule has 172 valence electrons. The van der Waals surface area contributed by atoms with E-state index in [4.69, 9.17) is 5.73 Å². The minimum atomic E-state index is -0.639. The summed E-state index contributed by atoms with van der Waals surface area (Å²) >= 11 is 0. The highest BCUT2D eigenvalue weighted by atomic mass is 19.1. The maximum absolute atomic E-state index is 14.0. The molecule has 3 heterocycles. The van der Waals surface area contributed by atoms with Crippen LogP contribution in [0.25, 0.3) is 11.3 Å². The summed E-state index contributed by atoms with van der Waals surface area (Å²) in [4.78, 5) is 14.5. The van der Waals surface area contributed by atoms with E-state index >= 15 is 0 Å². The molecule has 0 radical (unpaired) electrons. The molecule has 2 aliphatic heterocycles. The van der Waals surface area contributed by atoms with Crippen LogP contribution < -0.4 is 5.73 Å². The number of halogens is 2. The number of nitrogens with two attached hydrogens (primary N) is 1. The number of amides is 1. The van der Waals surface area contributed by atoms with Crippen LogP contribution >= 0.6 is 0 Å². The van der Waals surface area contributed by atoms with E-state index in [0.717, 1.165) is 37.4 Å². The van der Waals surface area contributed by atoms with Crippen LogP contribution in [0.5, 0.6) is 0 Å². The van der Waals surface area contributed by atoms with E-state index in [1.807, 2.05) is 24.3 Å². The summed E-state index contributed by atoms with van der Waals surface area (Å²) in [5.74, 6) is -1.24. The van der Waals surface area contributed by atoms with Crippen LogP contribution in [0.1, 0.15) is 53.9 Å². The molecule has 2 atom stereocenters. The molecule has 2 saturated heterocycles. The second kappa shape index (κ2) is 9.02. The molecular weight excluding hydrogens is 424 g/mol. The van der Waals surface area contributed by atoms with Gasteiger partial charge in [0.15, 0.2) is 0 Å². The Hall–Kier alpha value is -3.13. The van der Waals surface area contributed by atoms with E-state index in [1.165, 1.54) is 25.0 Å². The first-order valence-electron chi connectivity index (χ1n) is 11.5. The summed E-state index contributed by atoms with van der Waals surface area (Å²) in [6, 6.07) is 12.2. The normalized spacial score (nSPS) is 22.5. The van der Waals surface area contributed by atoms with Crippen LogP contribution in [0.4, 0.5) is 8.78 Å². The SMILES string of the molecule is NC(=O)c1ccccc1C1CC2CCC(C1)N2CCCn1cc(-c2ccc(F)cc2F)nn1. The van der Waals surface area contributed by atoms with Crippen molar-refractivity contribution in [1.82, 2.24) is 19.9 Å². The van der Waals surface area contributed by atoms with Gasteiger partial charge in [0.1, 0.15) is 17.3 Å². The van der Waals surface area contributed by atoms with Gasteiger partial charge in [-0.3, -0.25) is 14.4 Å². The smallest absolute Gasteiger partial charge is 0.248 e. The molecule has 2 unspecified atom stereocenters. The molecule has 1 aromatic heterocycles. The standard InChI is InChI=1S/C25H27F2N5O/c26-17-6-9-22(23(27)14-17)24-15-31(30-29-24)10-3-11-32-18-7-8-19(32)13-16(12-18)20-4-1-2-5-21(20)25(28)33/h1-2,4-6,9,14-16,18-19H,3,7-8,10-13H2,(H2,28,33). The number of aromatic nitrogens is 3. The van der Waals surface area contributed by atoms with Crippen molar-refractivity contribution in [2.45, 2.75) is 56.7 Å². The van der Waals surface area contributed by atoms with Gasteiger partial charge in [0.2, 0.25) is 5.91 Å². The molecular formula is C25H27F2N5O. The van der Waals surface area contributed by atoms with Crippen molar-refractivity contribution in [2.24, 2.45) is 5.73 Å². The van der Waals surface area contributed by atoms with Crippen molar-refractivity contribution in [1.29, 1.82) is 0 Å². The molecule has 3 aromatic rings. The van der Waals surface area contributed by atoms with Gasteiger partial charge in [0.25, 0.3) is 0 Å². The summed E-state index contributed by atoms with van der Waals surface area (Å²) < 4.78 is 28.9. The van der Waals surface area contributed by atoms with Crippen molar-refractivity contribution >= 4 is 5.91 Å². The number of rotatable bonds is 7. The predicted octanol–water partition coefficient (Wildman–Crippen LogP) is 4.12. The van der Waals surface area contributed by atoms with Gasteiger partial charge in [0, 0.05) is 42.4 Å². The van der Waals surface area contributed by atoms with Gasteiger partial charge in [-0.25, -0.2) is 8.78 Å². The monoisotopic (exact) mass is 451 g/mol. The third-order valence-corrected chi connectivity index (χ3v) is 7.10. The number of hydrogen-bond donors (Lipinski definition) is 1. The zero-order valence-electron chi connectivity index (χ0n) is 18.3.